The number of amides is 1. The number of aryl methyl sites for hydroxylation is 1. The van der Waals surface area contributed by atoms with Gasteiger partial charge in [-0.3, -0.25) is 4.79 Å². The van der Waals surface area contributed by atoms with Crippen molar-refractivity contribution in [3.8, 4) is 0 Å². The molecule has 0 bridgehead atoms. The van der Waals surface area contributed by atoms with Gasteiger partial charge < -0.3 is 14.9 Å². The molecule has 0 atom stereocenters. The number of aromatic nitrogens is 3. The predicted molar refractivity (Wildman–Crippen MR) is 85.1 cm³/mol. The largest absolute Gasteiger partial charge is 0.358 e. The van der Waals surface area contributed by atoms with Crippen molar-refractivity contribution in [3.63, 3.8) is 0 Å². The highest BCUT2D eigenvalue weighted by Crippen LogP contribution is 2.30. The Morgan fingerprint density at radius 3 is 3.05 bits per heavy atom. The summed E-state index contributed by atoms with van der Waals surface area (Å²) in [6.45, 7) is 3.14. The van der Waals surface area contributed by atoms with Gasteiger partial charge in [-0.15, -0.1) is 0 Å². The Kier molecular flexibility index (Phi) is 2.97. The van der Waals surface area contributed by atoms with Crippen LogP contribution in [0.15, 0.2) is 24.5 Å². The first-order chi connectivity index (χ1) is 10.6. The van der Waals surface area contributed by atoms with E-state index in [0.717, 1.165) is 28.6 Å². The van der Waals surface area contributed by atoms with Crippen molar-refractivity contribution in [2.45, 2.75) is 19.9 Å². The standard InChI is InChI=1S/C16H15ClN4O/c1-9-15(19-8-18-9)16(22)21-5-4-14-12(7-21)11-6-10(17)2-3-13(11)20-14/h2-3,6,8,20H,4-5,7H2,1H3,(H,18,19). The van der Waals surface area contributed by atoms with Crippen molar-refractivity contribution >= 4 is 28.4 Å². The molecule has 0 aliphatic carbocycles. The maximum Gasteiger partial charge on any atom is 0.274 e. The SMILES string of the molecule is Cc1[nH]cnc1C(=O)N1CCc2[nH]c3ccc(Cl)cc3c2C1. The number of halogens is 1. The van der Waals surface area contributed by atoms with Gasteiger partial charge in [0.2, 0.25) is 0 Å². The van der Waals surface area contributed by atoms with Gasteiger partial charge in [-0.2, -0.15) is 0 Å². The van der Waals surface area contributed by atoms with E-state index in [0.29, 0.717) is 23.8 Å². The van der Waals surface area contributed by atoms with E-state index in [1.807, 2.05) is 30.0 Å². The minimum atomic E-state index is -0.0271. The molecule has 0 spiro atoms. The topological polar surface area (TPSA) is 64.8 Å². The lowest BCUT2D eigenvalue weighted by Gasteiger charge is -2.26. The van der Waals surface area contributed by atoms with Crippen molar-refractivity contribution < 1.29 is 4.79 Å². The van der Waals surface area contributed by atoms with E-state index in [9.17, 15) is 4.79 Å². The van der Waals surface area contributed by atoms with E-state index in [1.54, 1.807) is 6.33 Å². The number of H-pyrrole nitrogens is 2. The predicted octanol–water partition coefficient (Wildman–Crippen LogP) is 3.05. The van der Waals surface area contributed by atoms with Crippen molar-refractivity contribution in [3.05, 3.63) is 52.2 Å². The smallest absolute Gasteiger partial charge is 0.274 e. The number of rotatable bonds is 1. The van der Waals surface area contributed by atoms with Crippen molar-refractivity contribution in [2.75, 3.05) is 6.54 Å². The second-order valence-electron chi connectivity index (χ2n) is 5.62. The lowest BCUT2D eigenvalue weighted by Crippen LogP contribution is -2.36. The zero-order chi connectivity index (χ0) is 15.3. The molecule has 0 unspecified atom stereocenters. The molecular formula is C16H15ClN4O. The highest BCUT2D eigenvalue weighted by Gasteiger charge is 2.26. The highest BCUT2D eigenvalue weighted by atomic mass is 35.5. The molecule has 5 nitrogen and oxygen atoms in total. The molecule has 6 heteroatoms. The number of imidazole rings is 1. The third-order valence-electron chi connectivity index (χ3n) is 4.26. The van der Waals surface area contributed by atoms with Gasteiger partial charge in [-0.25, -0.2) is 4.98 Å². The van der Waals surface area contributed by atoms with Gasteiger partial charge in [0.05, 0.1) is 6.33 Å². The molecule has 0 radical (unpaired) electrons. The Morgan fingerprint density at radius 2 is 2.27 bits per heavy atom. The summed E-state index contributed by atoms with van der Waals surface area (Å²) in [7, 11) is 0. The van der Waals surface area contributed by atoms with Gasteiger partial charge in [-0.1, -0.05) is 11.6 Å². The summed E-state index contributed by atoms with van der Waals surface area (Å²) in [6.07, 6.45) is 2.38. The minimum Gasteiger partial charge on any atom is -0.358 e. The second kappa shape index (κ2) is 4.88. The van der Waals surface area contributed by atoms with Gasteiger partial charge in [0.25, 0.3) is 5.91 Å². The number of hydrogen-bond donors (Lipinski definition) is 2. The monoisotopic (exact) mass is 314 g/mol. The molecule has 112 valence electrons. The quantitative estimate of drug-likeness (QED) is 0.725. The van der Waals surface area contributed by atoms with E-state index in [2.05, 4.69) is 15.0 Å². The summed E-state index contributed by atoms with van der Waals surface area (Å²) in [4.78, 5) is 25.0. The van der Waals surface area contributed by atoms with Gasteiger partial charge >= 0.3 is 0 Å². The Hall–Kier alpha value is -2.27. The Balaban J connectivity index is 1.72. The molecule has 2 aromatic heterocycles. The van der Waals surface area contributed by atoms with Crippen LogP contribution < -0.4 is 0 Å². The Morgan fingerprint density at radius 1 is 1.41 bits per heavy atom. The number of aromatic amines is 2. The molecular weight excluding hydrogens is 300 g/mol. The first-order valence-electron chi connectivity index (χ1n) is 7.21. The van der Waals surface area contributed by atoms with Crippen LogP contribution in [0.3, 0.4) is 0 Å². The molecule has 4 rings (SSSR count). The van der Waals surface area contributed by atoms with Crippen molar-refractivity contribution in [2.24, 2.45) is 0 Å². The fraction of sp³-hybridized carbons (Fsp3) is 0.250. The fourth-order valence-corrected chi connectivity index (χ4v) is 3.26. The summed E-state index contributed by atoms with van der Waals surface area (Å²) in [6, 6.07) is 5.82. The molecule has 1 aliphatic rings. The van der Waals surface area contributed by atoms with Crippen molar-refractivity contribution in [1.82, 2.24) is 19.9 Å². The zero-order valence-electron chi connectivity index (χ0n) is 12.1. The van der Waals surface area contributed by atoms with E-state index in [1.165, 1.54) is 5.69 Å². The van der Waals surface area contributed by atoms with Crippen LogP contribution in [-0.4, -0.2) is 32.3 Å². The fourth-order valence-electron chi connectivity index (χ4n) is 3.08. The third kappa shape index (κ3) is 2.01. The van der Waals surface area contributed by atoms with Crippen molar-refractivity contribution in [1.29, 1.82) is 0 Å². The molecule has 0 saturated carbocycles. The first-order valence-corrected chi connectivity index (χ1v) is 7.59. The maximum absolute atomic E-state index is 12.6. The number of fused-ring (bicyclic) bond motifs is 3. The van der Waals surface area contributed by atoms with Crippen LogP contribution in [0.5, 0.6) is 0 Å². The van der Waals surface area contributed by atoms with E-state index >= 15 is 0 Å². The van der Waals surface area contributed by atoms with Gasteiger partial charge in [0.1, 0.15) is 5.69 Å². The summed E-state index contributed by atoms with van der Waals surface area (Å²) < 4.78 is 0. The molecule has 1 aromatic carbocycles. The normalized spacial score (nSPS) is 14.4. The minimum absolute atomic E-state index is 0.0271. The molecule has 3 heterocycles. The zero-order valence-corrected chi connectivity index (χ0v) is 12.9. The van der Waals surface area contributed by atoms with Crippen LogP contribution in [0.1, 0.15) is 27.4 Å². The Bertz CT molecular complexity index is 880. The molecule has 2 N–H and O–H groups in total. The van der Waals surface area contributed by atoms with E-state index < -0.39 is 0 Å². The van der Waals surface area contributed by atoms with Crippen LogP contribution in [0, 0.1) is 6.92 Å². The van der Waals surface area contributed by atoms with Gasteiger partial charge in [-0.05, 0) is 25.1 Å². The molecule has 22 heavy (non-hydrogen) atoms. The number of nitrogens with zero attached hydrogens (tertiary/aromatic N) is 2. The molecule has 1 aliphatic heterocycles. The van der Waals surface area contributed by atoms with Gasteiger partial charge in [0, 0.05) is 52.4 Å². The number of carbonyl (C=O) groups is 1. The van der Waals surface area contributed by atoms with Crippen LogP contribution in [0.4, 0.5) is 0 Å². The summed E-state index contributed by atoms with van der Waals surface area (Å²) in [5.41, 5.74) is 4.73. The van der Waals surface area contributed by atoms with Crippen LogP contribution in [-0.2, 0) is 13.0 Å². The summed E-state index contributed by atoms with van der Waals surface area (Å²) in [5.74, 6) is -0.0271. The van der Waals surface area contributed by atoms with E-state index in [-0.39, 0.29) is 5.91 Å². The average Bonchev–Trinajstić information content (AvgIpc) is 3.09. The molecule has 0 saturated heterocycles. The molecule has 0 fully saturated rings. The van der Waals surface area contributed by atoms with Gasteiger partial charge in [0.15, 0.2) is 0 Å². The number of hydrogen-bond acceptors (Lipinski definition) is 2. The molecule has 1 amide bonds. The molecule has 3 aromatic rings. The Labute approximate surface area is 132 Å². The number of nitrogens with one attached hydrogen (secondary N) is 2. The summed E-state index contributed by atoms with van der Waals surface area (Å²) >= 11 is 6.11. The van der Waals surface area contributed by atoms with Crippen LogP contribution in [0.2, 0.25) is 5.02 Å². The van der Waals surface area contributed by atoms with Crippen LogP contribution >= 0.6 is 11.6 Å². The summed E-state index contributed by atoms with van der Waals surface area (Å²) in [5, 5.41) is 1.81. The first kappa shape index (κ1) is 13.4. The third-order valence-corrected chi connectivity index (χ3v) is 4.49. The second-order valence-corrected chi connectivity index (χ2v) is 6.06. The lowest BCUT2D eigenvalue weighted by atomic mass is 10.0. The van der Waals surface area contributed by atoms with E-state index in [4.69, 9.17) is 11.6 Å². The highest BCUT2D eigenvalue weighted by molar-refractivity contribution is 6.31. The lowest BCUT2D eigenvalue weighted by molar-refractivity contribution is 0.0729. The number of carbonyl (C=O) groups excluding carboxylic acids is 1. The number of benzene rings is 1. The average molecular weight is 315 g/mol. The van der Waals surface area contributed by atoms with Crippen LogP contribution in [0.25, 0.3) is 10.9 Å². The maximum atomic E-state index is 12.6.